The summed E-state index contributed by atoms with van der Waals surface area (Å²) >= 11 is 0. The van der Waals surface area contributed by atoms with Gasteiger partial charge in [0, 0.05) is 6.54 Å². The minimum absolute atomic E-state index is 0.0938. The molecular weight excluding hydrogens is 252 g/mol. The van der Waals surface area contributed by atoms with E-state index in [2.05, 4.69) is 26.1 Å². The Morgan fingerprint density at radius 3 is 2.50 bits per heavy atom. The summed E-state index contributed by atoms with van der Waals surface area (Å²) in [7, 11) is 0. The lowest BCUT2D eigenvalue weighted by atomic mass is 9.87. The fourth-order valence-electron chi connectivity index (χ4n) is 3.60. The Labute approximate surface area is 122 Å². The molecule has 1 heterocycles. The Hall–Kier alpha value is -1.06. The fourth-order valence-corrected chi connectivity index (χ4v) is 3.60. The quantitative estimate of drug-likeness (QED) is 0.841. The summed E-state index contributed by atoms with van der Waals surface area (Å²) in [6.07, 6.45) is 6.55. The van der Waals surface area contributed by atoms with Gasteiger partial charge in [-0.15, -0.1) is 0 Å². The lowest BCUT2D eigenvalue weighted by molar-refractivity contribution is -0.157. The molecule has 2 rings (SSSR count). The highest BCUT2D eigenvalue weighted by Gasteiger charge is 2.53. The van der Waals surface area contributed by atoms with Crippen LogP contribution in [0.15, 0.2) is 0 Å². The van der Waals surface area contributed by atoms with E-state index in [-0.39, 0.29) is 17.9 Å². The number of amides is 2. The Balaban J connectivity index is 2.22. The van der Waals surface area contributed by atoms with Gasteiger partial charge in [0.15, 0.2) is 0 Å². The zero-order valence-corrected chi connectivity index (χ0v) is 13.1. The highest BCUT2D eigenvalue weighted by molar-refractivity contribution is 6.00. The number of piperazine rings is 1. The lowest BCUT2D eigenvalue weighted by Gasteiger charge is -2.46. The summed E-state index contributed by atoms with van der Waals surface area (Å²) in [4.78, 5) is 27.3. The molecule has 1 aliphatic heterocycles. The molecule has 0 aromatic heterocycles. The zero-order chi connectivity index (χ0) is 14.8. The number of unbranched alkanes of at least 4 members (excludes halogenated alkanes) is 1. The number of hydrogen-bond acceptors (Lipinski definition) is 2. The van der Waals surface area contributed by atoms with Crippen molar-refractivity contribution in [1.82, 2.24) is 10.2 Å². The van der Waals surface area contributed by atoms with E-state index in [4.69, 9.17) is 0 Å². The number of hydrogen-bond donors (Lipinski definition) is 1. The predicted octanol–water partition coefficient (Wildman–Crippen LogP) is 2.47. The van der Waals surface area contributed by atoms with E-state index in [0.717, 1.165) is 51.5 Å². The zero-order valence-electron chi connectivity index (χ0n) is 13.1. The Bertz CT molecular complexity index is 373. The van der Waals surface area contributed by atoms with Crippen LogP contribution in [0.3, 0.4) is 0 Å². The second-order valence-electron chi connectivity index (χ2n) is 6.74. The highest BCUT2D eigenvalue weighted by atomic mass is 16.2. The van der Waals surface area contributed by atoms with Gasteiger partial charge in [-0.1, -0.05) is 40.0 Å². The van der Waals surface area contributed by atoms with Gasteiger partial charge >= 0.3 is 0 Å². The second-order valence-corrected chi connectivity index (χ2v) is 6.74. The van der Waals surface area contributed by atoms with Gasteiger partial charge in [0.2, 0.25) is 11.8 Å². The van der Waals surface area contributed by atoms with Crippen molar-refractivity contribution < 1.29 is 9.59 Å². The van der Waals surface area contributed by atoms with E-state index in [1.165, 1.54) is 0 Å². The van der Waals surface area contributed by atoms with Gasteiger partial charge in [-0.3, -0.25) is 9.59 Å². The number of carbonyl (C=O) groups excluding carboxylic acids is 2. The van der Waals surface area contributed by atoms with E-state index in [1.54, 1.807) is 0 Å². The van der Waals surface area contributed by atoms with Crippen LogP contribution < -0.4 is 5.32 Å². The van der Waals surface area contributed by atoms with Gasteiger partial charge < -0.3 is 10.2 Å². The largest absolute Gasteiger partial charge is 0.342 e. The monoisotopic (exact) mass is 280 g/mol. The summed E-state index contributed by atoms with van der Waals surface area (Å²) < 4.78 is 0. The van der Waals surface area contributed by atoms with Crippen LogP contribution in [0.2, 0.25) is 0 Å². The van der Waals surface area contributed by atoms with Crippen molar-refractivity contribution in [3.8, 4) is 0 Å². The van der Waals surface area contributed by atoms with Crippen molar-refractivity contribution in [3.05, 3.63) is 0 Å². The average molecular weight is 280 g/mol. The highest BCUT2D eigenvalue weighted by Crippen LogP contribution is 2.38. The van der Waals surface area contributed by atoms with Gasteiger partial charge in [0.05, 0.1) is 0 Å². The lowest BCUT2D eigenvalue weighted by Crippen LogP contribution is -2.69. The third-order valence-electron chi connectivity index (χ3n) is 4.68. The van der Waals surface area contributed by atoms with Crippen molar-refractivity contribution in [1.29, 1.82) is 0 Å². The van der Waals surface area contributed by atoms with Crippen LogP contribution in [0.5, 0.6) is 0 Å². The van der Waals surface area contributed by atoms with Gasteiger partial charge in [-0.2, -0.15) is 0 Å². The molecule has 114 valence electrons. The molecule has 0 radical (unpaired) electrons. The molecule has 2 aliphatic rings. The minimum Gasteiger partial charge on any atom is -0.342 e. The molecule has 0 aromatic carbocycles. The molecule has 20 heavy (non-hydrogen) atoms. The van der Waals surface area contributed by atoms with Gasteiger partial charge in [-0.25, -0.2) is 0 Å². The molecule has 1 aliphatic carbocycles. The molecule has 1 saturated carbocycles. The van der Waals surface area contributed by atoms with Crippen molar-refractivity contribution >= 4 is 11.8 Å². The molecule has 4 heteroatoms. The molecule has 0 aromatic rings. The van der Waals surface area contributed by atoms with Crippen molar-refractivity contribution in [2.75, 3.05) is 6.54 Å². The Kier molecular flexibility index (Phi) is 4.71. The van der Waals surface area contributed by atoms with E-state index in [9.17, 15) is 9.59 Å². The summed E-state index contributed by atoms with van der Waals surface area (Å²) in [5.74, 6) is 0.653. The fraction of sp³-hybridized carbons (Fsp3) is 0.875. The van der Waals surface area contributed by atoms with Gasteiger partial charge in [-0.05, 0) is 31.6 Å². The molecule has 1 N–H and O–H groups in total. The molecule has 1 atom stereocenters. The molecule has 2 fully saturated rings. The first-order valence-corrected chi connectivity index (χ1v) is 8.13. The Morgan fingerprint density at radius 2 is 1.95 bits per heavy atom. The van der Waals surface area contributed by atoms with Crippen LogP contribution in [0.1, 0.15) is 65.7 Å². The maximum Gasteiger partial charge on any atom is 0.246 e. The molecule has 1 saturated heterocycles. The van der Waals surface area contributed by atoms with Crippen molar-refractivity contribution in [2.45, 2.75) is 77.3 Å². The number of nitrogens with zero attached hydrogens (tertiary/aromatic N) is 1. The third kappa shape index (κ3) is 2.70. The van der Waals surface area contributed by atoms with E-state index in [1.807, 2.05) is 4.90 Å². The van der Waals surface area contributed by atoms with Crippen LogP contribution in [-0.2, 0) is 9.59 Å². The van der Waals surface area contributed by atoms with E-state index in [0.29, 0.717) is 5.92 Å². The SMILES string of the molecule is CCCCN1C(=O)C(CC(C)C)NC(=O)C12CCCC2. The Morgan fingerprint density at radius 1 is 1.30 bits per heavy atom. The van der Waals surface area contributed by atoms with Crippen LogP contribution in [0, 0.1) is 5.92 Å². The van der Waals surface area contributed by atoms with Crippen molar-refractivity contribution in [3.63, 3.8) is 0 Å². The van der Waals surface area contributed by atoms with E-state index < -0.39 is 5.54 Å². The maximum atomic E-state index is 12.8. The number of nitrogens with one attached hydrogen (secondary N) is 1. The average Bonchev–Trinajstić information content (AvgIpc) is 2.86. The first kappa shape index (κ1) is 15.3. The molecular formula is C16H28N2O2. The summed E-state index contributed by atoms with van der Waals surface area (Å²) in [6, 6.07) is -0.314. The molecule has 1 spiro atoms. The normalized spacial score (nSPS) is 25.6. The summed E-state index contributed by atoms with van der Waals surface area (Å²) in [6.45, 7) is 7.05. The molecule has 2 amide bonds. The second kappa shape index (κ2) is 6.15. The predicted molar refractivity (Wildman–Crippen MR) is 79.2 cm³/mol. The molecule has 1 unspecified atom stereocenters. The van der Waals surface area contributed by atoms with Crippen LogP contribution >= 0.6 is 0 Å². The first-order chi connectivity index (χ1) is 9.51. The standard InChI is InChI=1S/C16H28N2O2/c1-4-5-10-18-14(19)13(11-12(2)3)17-15(20)16(18)8-6-7-9-16/h12-13H,4-11H2,1-3H3,(H,17,20). The maximum absolute atomic E-state index is 12.8. The molecule has 4 nitrogen and oxygen atoms in total. The van der Waals surface area contributed by atoms with Crippen LogP contribution in [0.4, 0.5) is 0 Å². The smallest absolute Gasteiger partial charge is 0.246 e. The number of rotatable bonds is 5. The van der Waals surface area contributed by atoms with Crippen LogP contribution in [-0.4, -0.2) is 34.8 Å². The molecule has 0 bridgehead atoms. The summed E-state index contributed by atoms with van der Waals surface area (Å²) in [5.41, 5.74) is -0.528. The van der Waals surface area contributed by atoms with Gasteiger partial charge in [0.1, 0.15) is 11.6 Å². The van der Waals surface area contributed by atoms with Gasteiger partial charge in [0.25, 0.3) is 0 Å². The first-order valence-electron chi connectivity index (χ1n) is 8.13. The summed E-state index contributed by atoms with van der Waals surface area (Å²) in [5, 5.41) is 3.01. The minimum atomic E-state index is -0.528. The van der Waals surface area contributed by atoms with Crippen molar-refractivity contribution in [2.24, 2.45) is 5.92 Å². The van der Waals surface area contributed by atoms with E-state index >= 15 is 0 Å². The number of carbonyl (C=O) groups is 2. The third-order valence-corrected chi connectivity index (χ3v) is 4.68. The van der Waals surface area contributed by atoms with Crippen LogP contribution in [0.25, 0.3) is 0 Å². The topological polar surface area (TPSA) is 49.4 Å².